The minimum Gasteiger partial charge on any atom is -0.456 e. The van der Waals surface area contributed by atoms with Crippen LogP contribution in [0, 0.1) is 0 Å². The molecule has 0 unspecified atom stereocenters. The molecule has 0 spiro atoms. The molecule has 0 amide bonds. The van der Waals surface area contributed by atoms with Gasteiger partial charge < -0.3 is 4.42 Å². The Morgan fingerprint density at radius 1 is 1.25 bits per heavy atom. The van der Waals surface area contributed by atoms with Crippen LogP contribution in [-0.2, 0) is 5.41 Å². The van der Waals surface area contributed by atoms with Gasteiger partial charge in [-0.2, -0.15) is 0 Å². The fourth-order valence-electron chi connectivity index (χ4n) is 2.57. The molecule has 0 saturated heterocycles. The predicted molar refractivity (Wildman–Crippen MR) is 67.4 cm³/mol. The number of allylic oxidation sites excluding steroid dienone is 3. The lowest BCUT2D eigenvalue weighted by molar-refractivity contribution is 0.588. The first kappa shape index (κ1) is 9.46. The molecule has 1 heterocycles. The van der Waals surface area contributed by atoms with Gasteiger partial charge in [-0.3, -0.25) is 0 Å². The minimum atomic E-state index is 0.0332. The largest absolute Gasteiger partial charge is 0.456 e. The summed E-state index contributed by atoms with van der Waals surface area (Å²) < 4.78 is 5.91. The summed E-state index contributed by atoms with van der Waals surface area (Å²) in [7, 11) is 0. The Morgan fingerprint density at radius 3 is 2.75 bits per heavy atom. The SMILES string of the molecule is C=CC1=CC(C)(C)c2c1oc1ccccc21. The van der Waals surface area contributed by atoms with E-state index in [1.165, 1.54) is 10.9 Å². The van der Waals surface area contributed by atoms with Crippen molar-refractivity contribution in [2.75, 3.05) is 0 Å². The summed E-state index contributed by atoms with van der Waals surface area (Å²) in [5.41, 5.74) is 3.40. The fourth-order valence-corrected chi connectivity index (χ4v) is 2.57. The topological polar surface area (TPSA) is 13.1 Å². The second-order valence-corrected chi connectivity index (χ2v) is 4.83. The average Bonchev–Trinajstić information content (AvgIpc) is 2.75. The molecule has 1 aromatic heterocycles. The number of rotatable bonds is 1. The molecule has 1 aliphatic rings. The molecule has 1 heteroatoms. The van der Waals surface area contributed by atoms with Crippen molar-refractivity contribution < 1.29 is 4.42 Å². The van der Waals surface area contributed by atoms with Gasteiger partial charge >= 0.3 is 0 Å². The monoisotopic (exact) mass is 210 g/mol. The number of hydrogen-bond acceptors (Lipinski definition) is 1. The van der Waals surface area contributed by atoms with Crippen molar-refractivity contribution in [3.05, 3.63) is 54.3 Å². The third kappa shape index (κ3) is 1.06. The second-order valence-electron chi connectivity index (χ2n) is 4.83. The lowest BCUT2D eigenvalue weighted by Crippen LogP contribution is -2.09. The first-order chi connectivity index (χ1) is 7.63. The van der Waals surface area contributed by atoms with E-state index in [0.29, 0.717) is 0 Å². The van der Waals surface area contributed by atoms with Gasteiger partial charge in [-0.15, -0.1) is 0 Å². The van der Waals surface area contributed by atoms with E-state index < -0.39 is 0 Å². The van der Waals surface area contributed by atoms with Crippen LogP contribution in [0.15, 0.2) is 47.4 Å². The summed E-state index contributed by atoms with van der Waals surface area (Å²) in [4.78, 5) is 0. The molecule has 0 bridgehead atoms. The highest BCUT2D eigenvalue weighted by atomic mass is 16.3. The number of fused-ring (bicyclic) bond motifs is 3. The Balaban J connectivity index is 2.43. The molecule has 3 rings (SSSR count). The van der Waals surface area contributed by atoms with Crippen molar-refractivity contribution in [2.24, 2.45) is 0 Å². The van der Waals surface area contributed by atoms with Gasteiger partial charge in [0.05, 0.1) is 0 Å². The van der Waals surface area contributed by atoms with E-state index in [1.807, 2.05) is 18.2 Å². The van der Waals surface area contributed by atoms with Crippen LogP contribution >= 0.6 is 0 Å². The summed E-state index contributed by atoms with van der Waals surface area (Å²) in [5, 5.41) is 1.22. The van der Waals surface area contributed by atoms with Gasteiger partial charge in [0.15, 0.2) is 0 Å². The normalized spacial score (nSPS) is 17.2. The van der Waals surface area contributed by atoms with Gasteiger partial charge in [0, 0.05) is 21.9 Å². The van der Waals surface area contributed by atoms with E-state index >= 15 is 0 Å². The zero-order chi connectivity index (χ0) is 11.3. The molecule has 0 atom stereocenters. The van der Waals surface area contributed by atoms with Crippen molar-refractivity contribution in [1.82, 2.24) is 0 Å². The van der Waals surface area contributed by atoms with E-state index in [4.69, 9.17) is 4.42 Å². The van der Waals surface area contributed by atoms with Gasteiger partial charge in [-0.05, 0) is 6.07 Å². The highest BCUT2D eigenvalue weighted by Gasteiger charge is 2.34. The second kappa shape index (κ2) is 2.88. The molecular weight excluding hydrogens is 196 g/mol. The summed E-state index contributed by atoms with van der Waals surface area (Å²) in [6.07, 6.45) is 4.09. The highest BCUT2D eigenvalue weighted by molar-refractivity contribution is 5.93. The Hall–Kier alpha value is -1.76. The molecule has 2 aromatic rings. The molecule has 0 radical (unpaired) electrons. The smallest absolute Gasteiger partial charge is 0.139 e. The maximum Gasteiger partial charge on any atom is 0.139 e. The summed E-state index contributed by atoms with van der Waals surface area (Å²) in [6, 6.07) is 8.20. The van der Waals surface area contributed by atoms with Gasteiger partial charge in [0.2, 0.25) is 0 Å². The molecule has 1 aromatic carbocycles. The van der Waals surface area contributed by atoms with Gasteiger partial charge in [0.1, 0.15) is 11.3 Å². The maximum atomic E-state index is 5.91. The Labute approximate surface area is 95.1 Å². The minimum absolute atomic E-state index is 0.0332. The number of para-hydroxylation sites is 1. The van der Waals surface area contributed by atoms with Gasteiger partial charge in [-0.25, -0.2) is 0 Å². The molecule has 0 aliphatic heterocycles. The third-order valence-corrected chi connectivity index (χ3v) is 3.24. The number of benzene rings is 1. The molecule has 0 N–H and O–H groups in total. The van der Waals surface area contributed by atoms with Crippen molar-refractivity contribution in [3.8, 4) is 0 Å². The van der Waals surface area contributed by atoms with Crippen LogP contribution in [0.2, 0.25) is 0 Å². The quantitative estimate of drug-likeness (QED) is 0.684. The molecule has 0 fully saturated rings. The van der Waals surface area contributed by atoms with Crippen LogP contribution in [0.4, 0.5) is 0 Å². The zero-order valence-electron chi connectivity index (χ0n) is 9.58. The average molecular weight is 210 g/mol. The van der Waals surface area contributed by atoms with Gasteiger partial charge in [0.25, 0.3) is 0 Å². The lowest BCUT2D eigenvalue weighted by Gasteiger charge is -2.15. The molecule has 16 heavy (non-hydrogen) atoms. The number of furan rings is 1. The van der Waals surface area contributed by atoms with Crippen LogP contribution in [0.1, 0.15) is 25.2 Å². The Kier molecular flexibility index (Phi) is 1.70. The van der Waals surface area contributed by atoms with Crippen LogP contribution < -0.4 is 0 Å². The van der Waals surface area contributed by atoms with Crippen LogP contribution in [0.3, 0.4) is 0 Å². The number of hydrogen-bond donors (Lipinski definition) is 0. The third-order valence-electron chi connectivity index (χ3n) is 3.24. The Morgan fingerprint density at radius 2 is 2.00 bits per heavy atom. The maximum absolute atomic E-state index is 5.91. The predicted octanol–water partition coefficient (Wildman–Crippen LogP) is 4.29. The standard InChI is InChI=1S/C15H14O/c1-4-10-9-15(2,3)13-11-7-5-6-8-12(11)16-14(10)13/h4-9H,1H2,2-3H3. The molecule has 1 nitrogen and oxygen atoms in total. The van der Waals surface area contributed by atoms with Crippen molar-refractivity contribution >= 4 is 16.5 Å². The van der Waals surface area contributed by atoms with E-state index in [9.17, 15) is 0 Å². The first-order valence-electron chi connectivity index (χ1n) is 5.51. The molecule has 0 saturated carbocycles. The first-order valence-corrected chi connectivity index (χ1v) is 5.51. The van der Waals surface area contributed by atoms with Crippen molar-refractivity contribution in [3.63, 3.8) is 0 Å². The molecule has 80 valence electrons. The summed E-state index contributed by atoms with van der Waals surface area (Å²) in [6.45, 7) is 8.27. The van der Waals surface area contributed by atoms with Crippen LogP contribution in [0.25, 0.3) is 16.5 Å². The van der Waals surface area contributed by atoms with Crippen LogP contribution in [-0.4, -0.2) is 0 Å². The van der Waals surface area contributed by atoms with Crippen molar-refractivity contribution in [1.29, 1.82) is 0 Å². The lowest BCUT2D eigenvalue weighted by atomic mass is 9.87. The van der Waals surface area contributed by atoms with E-state index in [-0.39, 0.29) is 5.41 Å². The Bertz CT molecular complexity index is 611. The summed E-state index contributed by atoms with van der Waals surface area (Å²) in [5.74, 6) is 0.987. The molecule has 1 aliphatic carbocycles. The highest BCUT2D eigenvalue weighted by Crippen LogP contribution is 2.46. The summed E-state index contributed by atoms with van der Waals surface area (Å²) >= 11 is 0. The molecular formula is C15H14O. The van der Waals surface area contributed by atoms with E-state index in [2.05, 4.69) is 38.6 Å². The van der Waals surface area contributed by atoms with E-state index in [0.717, 1.165) is 16.9 Å². The zero-order valence-corrected chi connectivity index (χ0v) is 9.58. The fraction of sp³-hybridized carbons (Fsp3) is 0.200. The van der Waals surface area contributed by atoms with E-state index in [1.54, 1.807) is 0 Å². The van der Waals surface area contributed by atoms with Gasteiger partial charge in [-0.1, -0.05) is 50.8 Å². The van der Waals surface area contributed by atoms with Crippen molar-refractivity contribution in [2.45, 2.75) is 19.3 Å². The van der Waals surface area contributed by atoms with Crippen LogP contribution in [0.5, 0.6) is 0 Å².